The summed E-state index contributed by atoms with van der Waals surface area (Å²) < 4.78 is 0. The summed E-state index contributed by atoms with van der Waals surface area (Å²) in [4.78, 5) is 2.59. The molecule has 0 radical (unpaired) electrons. The van der Waals surface area contributed by atoms with Crippen LogP contribution in [-0.2, 0) is 0 Å². The van der Waals surface area contributed by atoms with Gasteiger partial charge in [0.25, 0.3) is 0 Å². The summed E-state index contributed by atoms with van der Waals surface area (Å²) in [6.45, 7) is 6.89. The van der Waals surface area contributed by atoms with Crippen LogP contribution in [0.25, 0.3) is 0 Å². The fourth-order valence-electron chi connectivity index (χ4n) is 3.75. The molecule has 0 aliphatic heterocycles. The smallest absolute Gasteiger partial charge is 0.0252 e. The van der Waals surface area contributed by atoms with Gasteiger partial charge in [0.05, 0.1) is 0 Å². The Hall–Kier alpha value is -0.860. The summed E-state index contributed by atoms with van der Waals surface area (Å²) in [5, 5.41) is 3.79. The number of nitrogens with zero attached hydrogens (tertiary/aromatic N) is 1. The highest BCUT2D eigenvalue weighted by atomic mass is 15.2. The van der Waals surface area contributed by atoms with E-state index >= 15 is 0 Å². The molecule has 0 aromatic heterocycles. The van der Waals surface area contributed by atoms with Gasteiger partial charge in [-0.15, -0.1) is 0 Å². The first-order valence-corrected chi connectivity index (χ1v) is 8.74. The quantitative estimate of drug-likeness (QED) is 0.815. The van der Waals surface area contributed by atoms with E-state index in [0.717, 1.165) is 12.5 Å². The standard InChI is InChI=1S/C19H32N2/c1-4-13-20-18-12-11-17(16-9-7-6-8-10-16)15-19(18)21(3)14-5-2/h6-10,17-20H,4-5,11-15H2,1-3H3. The van der Waals surface area contributed by atoms with Gasteiger partial charge in [-0.1, -0.05) is 44.2 Å². The minimum absolute atomic E-state index is 0.668. The minimum Gasteiger partial charge on any atom is -0.312 e. The molecule has 1 aliphatic carbocycles. The van der Waals surface area contributed by atoms with E-state index in [1.807, 2.05) is 0 Å². The highest BCUT2D eigenvalue weighted by molar-refractivity contribution is 5.21. The van der Waals surface area contributed by atoms with Gasteiger partial charge in [0.15, 0.2) is 0 Å². The van der Waals surface area contributed by atoms with Crippen molar-refractivity contribution in [1.29, 1.82) is 0 Å². The van der Waals surface area contributed by atoms with Crippen LogP contribution in [0.2, 0.25) is 0 Å². The molecule has 118 valence electrons. The Morgan fingerprint density at radius 2 is 1.86 bits per heavy atom. The van der Waals surface area contributed by atoms with Gasteiger partial charge in [0.2, 0.25) is 0 Å². The molecule has 1 saturated carbocycles. The third-order valence-electron chi connectivity index (χ3n) is 4.89. The fourth-order valence-corrected chi connectivity index (χ4v) is 3.75. The second-order valence-electron chi connectivity index (χ2n) is 6.53. The molecule has 3 unspecified atom stereocenters. The Bertz CT molecular complexity index is 390. The average Bonchev–Trinajstić information content (AvgIpc) is 2.54. The number of benzene rings is 1. The van der Waals surface area contributed by atoms with Gasteiger partial charge >= 0.3 is 0 Å². The lowest BCUT2D eigenvalue weighted by Crippen LogP contribution is -2.52. The number of nitrogens with one attached hydrogen (secondary N) is 1. The lowest BCUT2D eigenvalue weighted by molar-refractivity contribution is 0.138. The first-order chi connectivity index (χ1) is 10.3. The summed E-state index contributed by atoms with van der Waals surface area (Å²) in [5.74, 6) is 0.732. The molecule has 1 N–H and O–H groups in total. The van der Waals surface area contributed by atoms with Gasteiger partial charge in [-0.05, 0) is 63.7 Å². The Balaban J connectivity index is 2.05. The highest BCUT2D eigenvalue weighted by Crippen LogP contribution is 2.35. The van der Waals surface area contributed by atoms with E-state index in [9.17, 15) is 0 Å². The van der Waals surface area contributed by atoms with E-state index in [1.165, 1.54) is 44.2 Å². The highest BCUT2D eigenvalue weighted by Gasteiger charge is 2.32. The van der Waals surface area contributed by atoms with Crippen LogP contribution in [0.5, 0.6) is 0 Å². The van der Waals surface area contributed by atoms with Gasteiger partial charge in [-0.3, -0.25) is 0 Å². The van der Waals surface area contributed by atoms with E-state index in [-0.39, 0.29) is 0 Å². The Labute approximate surface area is 130 Å². The zero-order valence-corrected chi connectivity index (χ0v) is 14.0. The second-order valence-corrected chi connectivity index (χ2v) is 6.53. The van der Waals surface area contributed by atoms with E-state index < -0.39 is 0 Å². The number of hydrogen-bond acceptors (Lipinski definition) is 2. The van der Waals surface area contributed by atoms with E-state index in [2.05, 4.69) is 61.4 Å². The second kappa shape index (κ2) is 8.55. The van der Waals surface area contributed by atoms with E-state index in [1.54, 1.807) is 0 Å². The van der Waals surface area contributed by atoms with Crippen LogP contribution in [0.15, 0.2) is 30.3 Å². The zero-order valence-electron chi connectivity index (χ0n) is 14.0. The van der Waals surface area contributed by atoms with Gasteiger partial charge in [-0.25, -0.2) is 0 Å². The van der Waals surface area contributed by atoms with Crippen molar-refractivity contribution in [3.8, 4) is 0 Å². The maximum atomic E-state index is 3.79. The van der Waals surface area contributed by atoms with Crippen molar-refractivity contribution in [2.75, 3.05) is 20.1 Å². The summed E-state index contributed by atoms with van der Waals surface area (Å²) >= 11 is 0. The first kappa shape index (κ1) is 16.5. The molecule has 0 heterocycles. The summed E-state index contributed by atoms with van der Waals surface area (Å²) in [5.41, 5.74) is 1.53. The van der Waals surface area contributed by atoms with E-state index in [0.29, 0.717) is 12.1 Å². The van der Waals surface area contributed by atoms with Gasteiger partial charge in [-0.2, -0.15) is 0 Å². The molecule has 1 aromatic carbocycles. The van der Waals surface area contributed by atoms with Crippen molar-refractivity contribution in [3.05, 3.63) is 35.9 Å². The van der Waals surface area contributed by atoms with Crippen molar-refractivity contribution < 1.29 is 0 Å². The maximum Gasteiger partial charge on any atom is 0.0252 e. The summed E-state index contributed by atoms with van der Waals surface area (Å²) in [6.07, 6.45) is 6.38. The third kappa shape index (κ3) is 4.55. The largest absolute Gasteiger partial charge is 0.312 e. The van der Waals surface area contributed by atoms with Crippen molar-refractivity contribution in [1.82, 2.24) is 10.2 Å². The van der Waals surface area contributed by atoms with Crippen LogP contribution in [0.4, 0.5) is 0 Å². The predicted molar refractivity (Wildman–Crippen MR) is 91.8 cm³/mol. The van der Waals surface area contributed by atoms with Crippen molar-refractivity contribution in [3.63, 3.8) is 0 Å². The lowest BCUT2D eigenvalue weighted by Gasteiger charge is -2.42. The third-order valence-corrected chi connectivity index (χ3v) is 4.89. The van der Waals surface area contributed by atoms with Crippen LogP contribution in [0.1, 0.15) is 57.4 Å². The molecule has 0 amide bonds. The monoisotopic (exact) mass is 288 g/mol. The Morgan fingerprint density at radius 1 is 1.10 bits per heavy atom. The Morgan fingerprint density at radius 3 is 2.52 bits per heavy atom. The SMILES string of the molecule is CCCNC1CCC(c2ccccc2)CC1N(C)CCC. The fraction of sp³-hybridized carbons (Fsp3) is 0.684. The zero-order chi connectivity index (χ0) is 15.1. The Kier molecular flexibility index (Phi) is 6.72. The number of rotatable bonds is 7. The lowest BCUT2D eigenvalue weighted by atomic mass is 9.78. The maximum absolute atomic E-state index is 3.79. The molecule has 3 atom stereocenters. The molecule has 2 heteroatoms. The molecule has 1 fully saturated rings. The van der Waals surface area contributed by atoms with Gasteiger partial charge in [0.1, 0.15) is 0 Å². The molecular formula is C19H32N2. The molecule has 1 aromatic rings. The normalized spacial score (nSPS) is 26.2. The van der Waals surface area contributed by atoms with Crippen molar-refractivity contribution in [2.45, 2.75) is 64.0 Å². The molecule has 0 spiro atoms. The molecular weight excluding hydrogens is 256 g/mol. The molecule has 2 nitrogen and oxygen atoms in total. The summed E-state index contributed by atoms with van der Waals surface area (Å²) in [6, 6.07) is 12.4. The summed E-state index contributed by atoms with van der Waals surface area (Å²) in [7, 11) is 2.31. The molecule has 1 aliphatic rings. The molecule has 0 bridgehead atoms. The average molecular weight is 288 g/mol. The van der Waals surface area contributed by atoms with Crippen molar-refractivity contribution >= 4 is 0 Å². The minimum atomic E-state index is 0.668. The van der Waals surface area contributed by atoms with Crippen LogP contribution < -0.4 is 5.32 Å². The van der Waals surface area contributed by atoms with Crippen LogP contribution >= 0.6 is 0 Å². The predicted octanol–water partition coefficient (Wildman–Crippen LogP) is 4.03. The number of likely N-dealkylation sites (N-methyl/N-ethyl adjacent to an activating group) is 1. The number of hydrogen-bond donors (Lipinski definition) is 1. The topological polar surface area (TPSA) is 15.3 Å². The molecule has 21 heavy (non-hydrogen) atoms. The molecule has 0 saturated heterocycles. The van der Waals surface area contributed by atoms with E-state index in [4.69, 9.17) is 0 Å². The van der Waals surface area contributed by atoms with Gasteiger partial charge < -0.3 is 10.2 Å². The van der Waals surface area contributed by atoms with Gasteiger partial charge in [0, 0.05) is 12.1 Å². The van der Waals surface area contributed by atoms with Crippen LogP contribution in [-0.4, -0.2) is 37.1 Å². The van der Waals surface area contributed by atoms with Crippen LogP contribution in [0.3, 0.4) is 0 Å². The van der Waals surface area contributed by atoms with Crippen LogP contribution in [0, 0.1) is 0 Å². The van der Waals surface area contributed by atoms with Crippen molar-refractivity contribution in [2.24, 2.45) is 0 Å². The first-order valence-electron chi connectivity index (χ1n) is 8.74. The molecule has 2 rings (SSSR count).